The molecule has 0 aliphatic carbocycles. The van der Waals surface area contributed by atoms with Gasteiger partial charge in [0.1, 0.15) is 11.6 Å². The molecule has 0 aromatic heterocycles. The third-order valence-corrected chi connectivity index (χ3v) is 7.14. The van der Waals surface area contributed by atoms with E-state index in [-0.39, 0.29) is 5.57 Å². The molecule has 10 nitrogen and oxygen atoms in total. The van der Waals surface area contributed by atoms with Crippen LogP contribution in [0.2, 0.25) is 0 Å². The zero-order valence-electron chi connectivity index (χ0n) is 25.7. The molecule has 1 heterocycles. The van der Waals surface area contributed by atoms with Crippen molar-refractivity contribution < 1.29 is 33.2 Å². The molecular weight excluding hydrogens is 550 g/mol. The van der Waals surface area contributed by atoms with E-state index in [0.717, 1.165) is 29.4 Å². The van der Waals surface area contributed by atoms with Crippen molar-refractivity contribution in [3.05, 3.63) is 47.5 Å². The van der Waals surface area contributed by atoms with Crippen LogP contribution in [0.1, 0.15) is 31.7 Å². The Morgan fingerprint density at radius 3 is 1.88 bits per heavy atom. The normalized spacial score (nSPS) is 14.0. The van der Waals surface area contributed by atoms with E-state index in [1.54, 1.807) is 7.11 Å². The van der Waals surface area contributed by atoms with Gasteiger partial charge in [0.15, 0.2) is 0 Å². The molecule has 1 N–H and O–H groups in total. The Bertz CT molecular complexity index is 1170. The summed E-state index contributed by atoms with van der Waals surface area (Å²) in [5.74, 6) is -0.403. The van der Waals surface area contributed by atoms with Gasteiger partial charge < -0.3 is 38.6 Å². The lowest BCUT2D eigenvalue weighted by Crippen LogP contribution is -2.29. The first kappa shape index (κ1) is 34.5. The lowest BCUT2D eigenvalue weighted by atomic mass is 9.98. The summed E-state index contributed by atoms with van der Waals surface area (Å²) >= 11 is 0. The highest BCUT2D eigenvalue weighted by Crippen LogP contribution is 2.28. The molecular formula is C33H47N3O7. The number of piperidine rings is 1. The minimum Gasteiger partial charge on any atom is -0.382 e. The molecule has 236 valence electrons. The Balaban J connectivity index is 1.27. The predicted molar refractivity (Wildman–Crippen MR) is 167 cm³/mol. The first-order chi connectivity index (χ1) is 21.1. The lowest BCUT2D eigenvalue weighted by Gasteiger charge is -2.29. The Hall–Kier alpha value is -3.04. The Morgan fingerprint density at radius 1 is 0.767 bits per heavy atom. The van der Waals surface area contributed by atoms with Crippen LogP contribution in [0.4, 0.5) is 5.69 Å². The molecule has 1 aliphatic rings. The minimum absolute atomic E-state index is 0.105. The summed E-state index contributed by atoms with van der Waals surface area (Å²) in [5, 5.41) is 14.7. The third kappa shape index (κ3) is 12.6. The van der Waals surface area contributed by atoms with Crippen LogP contribution in [0.3, 0.4) is 0 Å². The van der Waals surface area contributed by atoms with Crippen LogP contribution in [0.5, 0.6) is 0 Å². The average Bonchev–Trinajstić information content (AvgIpc) is 3.04. The molecule has 10 heteroatoms. The number of carbonyl (C=O) groups is 1. The van der Waals surface area contributed by atoms with E-state index in [9.17, 15) is 10.1 Å². The number of ether oxygens (including phenoxy) is 6. The second-order valence-corrected chi connectivity index (χ2v) is 10.2. The van der Waals surface area contributed by atoms with Gasteiger partial charge in [-0.1, -0.05) is 18.2 Å². The fraction of sp³-hybridized carbons (Fsp3) is 0.576. The minimum atomic E-state index is -0.403. The van der Waals surface area contributed by atoms with E-state index in [1.807, 2.05) is 19.1 Å². The van der Waals surface area contributed by atoms with Crippen LogP contribution < -0.4 is 10.2 Å². The highest BCUT2D eigenvalue weighted by atomic mass is 16.6. The largest absolute Gasteiger partial charge is 0.382 e. The predicted octanol–water partition coefficient (Wildman–Crippen LogP) is 3.97. The van der Waals surface area contributed by atoms with Crippen LogP contribution in [0, 0.1) is 11.3 Å². The van der Waals surface area contributed by atoms with Crippen molar-refractivity contribution in [2.45, 2.75) is 26.2 Å². The van der Waals surface area contributed by atoms with Gasteiger partial charge >= 0.3 is 0 Å². The summed E-state index contributed by atoms with van der Waals surface area (Å²) in [6.45, 7) is 9.63. The molecule has 43 heavy (non-hydrogen) atoms. The van der Waals surface area contributed by atoms with Crippen LogP contribution in [0.15, 0.2) is 42.0 Å². The first-order valence-corrected chi connectivity index (χ1v) is 15.2. The summed E-state index contributed by atoms with van der Waals surface area (Å²) in [5.41, 5.74) is 2.87. The van der Waals surface area contributed by atoms with Crippen LogP contribution >= 0.6 is 0 Å². The van der Waals surface area contributed by atoms with Gasteiger partial charge in [0, 0.05) is 32.4 Å². The monoisotopic (exact) mass is 597 g/mol. The van der Waals surface area contributed by atoms with Gasteiger partial charge in [0.05, 0.1) is 72.7 Å². The van der Waals surface area contributed by atoms with Gasteiger partial charge in [-0.15, -0.1) is 0 Å². The van der Waals surface area contributed by atoms with E-state index < -0.39 is 5.91 Å². The lowest BCUT2D eigenvalue weighted by molar-refractivity contribution is -0.117. The second kappa shape index (κ2) is 20.8. The molecule has 2 aromatic carbocycles. The topological polar surface area (TPSA) is 112 Å². The molecule has 3 rings (SSSR count). The number of anilines is 1. The summed E-state index contributed by atoms with van der Waals surface area (Å²) < 4.78 is 32.1. The zero-order chi connectivity index (χ0) is 30.5. The summed E-state index contributed by atoms with van der Waals surface area (Å²) in [4.78, 5) is 15.2. The molecule has 1 fully saturated rings. The van der Waals surface area contributed by atoms with Crippen LogP contribution in [-0.2, 0) is 33.2 Å². The average molecular weight is 598 g/mol. The SMILES string of the molecule is COCCOCCOCCOCCOCCOCCNC(=O)/C(C#N)=C(/C)c1ccc2cc(N3CCCCC3)ccc2c1. The van der Waals surface area contributed by atoms with Crippen molar-refractivity contribution in [3.63, 3.8) is 0 Å². The fourth-order valence-electron chi connectivity index (χ4n) is 4.71. The number of allylic oxidation sites excluding steroid dienone is 1. The molecule has 0 saturated carbocycles. The van der Waals surface area contributed by atoms with Crippen molar-refractivity contribution in [2.24, 2.45) is 0 Å². The summed E-state index contributed by atoms with van der Waals surface area (Å²) in [7, 11) is 1.64. The highest BCUT2D eigenvalue weighted by molar-refractivity contribution is 6.05. The van der Waals surface area contributed by atoms with Gasteiger partial charge in [-0.25, -0.2) is 0 Å². The van der Waals surface area contributed by atoms with Gasteiger partial charge in [-0.05, 0) is 66.3 Å². The molecule has 0 spiro atoms. The number of amides is 1. The number of hydrogen-bond donors (Lipinski definition) is 1. The number of nitriles is 1. The molecule has 1 amide bonds. The molecule has 1 aliphatic heterocycles. The van der Waals surface area contributed by atoms with Crippen molar-refractivity contribution >= 4 is 27.9 Å². The quantitative estimate of drug-likeness (QED) is 0.130. The van der Waals surface area contributed by atoms with Crippen molar-refractivity contribution in [1.82, 2.24) is 5.32 Å². The van der Waals surface area contributed by atoms with E-state index in [4.69, 9.17) is 28.4 Å². The molecule has 0 unspecified atom stereocenters. The standard InChI is InChI=1S/C33H47N3O7/c1-27(28-6-7-30-25-31(9-8-29(30)24-28)36-11-4-3-5-12-36)32(26-34)33(37)35-10-13-39-16-17-41-20-21-43-23-22-42-19-18-40-15-14-38-2/h6-9,24-25H,3-5,10-23H2,1-2H3,(H,35,37)/b32-27-. The maximum atomic E-state index is 12.7. The molecule has 0 atom stereocenters. The van der Waals surface area contributed by atoms with Gasteiger partial charge in [-0.3, -0.25) is 4.79 Å². The number of hydrogen-bond acceptors (Lipinski definition) is 9. The molecule has 0 radical (unpaired) electrons. The van der Waals surface area contributed by atoms with Gasteiger partial charge in [0.2, 0.25) is 0 Å². The van der Waals surface area contributed by atoms with Crippen LogP contribution in [0.25, 0.3) is 16.3 Å². The maximum Gasteiger partial charge on any atom is 0.262 e. The number of methoxy groups -OCH3 is 1. The summed E-state index contributed by atoms with van der Waals surface area (Å²) in [6, 6.07) is 14.7. The van der Waals surface area contributed by atoms with Gasteiger partial charge in [-0.2, -0.15) is 5.26 Å². The number of fused-ring (bicyclic) bond motifs is 1. The smallest absolute Gasteiger partial charge is 0.262 e. The Kier molecular flexibility index (Phi) is 16.7. The number of nitrogens with zero attached hydrogens (tertiary/aromatic N) is 2. The Labute approximate surface area is 255 Å². The second-order valence-electron chi connectivity index (χ2n) is 10.2. The number of carbonyl (C=O) groups excluding carboxylic acids is 1. The number of benzene rings is 2. The summed E-state index contributed by atoms with van der Waals surface area (Å²) in [6.07, 6.45) is 3.78. The number of nitrogens with one attached hydrogen (secondary N) is 1. The molecule has 1 saturated heterocycles. The van der Waals surface area contributed by atoms with E-state index in [2.05, 4.69) is 40.6 Å². The van der Waals surface area contributed by atoms with Crippen molar-refractivity contribution in [3.8, 4) is 6.07 Å². The van der Waals surface area contributed by atoms with Crippen molar-refractivity contribution in [2.75, 3.05) is 104 Å². The first-order valence-electron chi connectivity index (χ1n) is 15.2. The molecule has 0 bridgehead atoms. The third-order valence-electron chi connectivity index (χ3n) is 7.14. The molecule has 2 aromatic rings. The van der Waals surface area contributed by atoms with Gasteiger partial charge in [0.25, 0.3) is 5.91 Å². The maximum absolute atomic E-state index is 12.7. The van der Waals surface area contributed by atoms with E-state index >= 15 is 0 Å². The Morgan fingerprint density at radius 2 is 1.30 bits per heavy atom. The van der Waals surface area contributed by atoms with E-state index in [1.165, 1.54) is 24.9 Å². The van der Waals surface area contributed by atoms with Crippen LogP contribution in [-0.4, -0.2) is 105 Å². The van der Waals surface area contributed by atoms with Crippen molar-refractivity contribution in [1.29, 1.82) is 5.26 Å². The van der Waals surface area contributed by atoms with E-state index in [0.29, 0.717) is 84.8 Å². The highest BCUT2D eigenvalue weighted by Gasteiger charge is 2.15. The number of rotatable bonds is 21. The zero-order valence-corrected chi connectivity index (χ0v) is 25.7. The fourth-order valence-corrected chi connectivity index (χ4v) is 4.71.